The Bertz CT molecular complexity index is 171. The van der Waals surface area contributed by atoms with E-state index in [1.165, 1.54) is 6.92 Å². The van der Waals surface area contributed by atoms with Crippen LogP contribution in [0.25, 0.3) is 0 Å². The van der Waals surface area contributed by atoms with Crippen LogP contribution in [0.2, 0.25) is 0 Å². The molecule has 0 aromatic carbocycles. The summed E-state index contributed by atoms with van der Waals surface area (Å²) in [6.07, 6.45) is 0. The summed E-state index contributed by atoms with van der Waals surface area (Å²) in [5.74, 6) is -1.07. The minimum absolute atomic E-state index is 0.328. The number of carbonyl (C=O) groups is 2. The molecule has 0 spiro atoms. The fraction of sp³-hybridized carbons (Fsp3) is 0.667. The van der Waals surface area contributed by atoms with Gasteiger partial charge in [-0.25, -0.2) is 4.79 Å². The number of aliphatic carboxylic acids is 1. The lowest BCUT2D eigenvalue weighted by Crippen LogP contribution is -2.45. The molecular weight excluding hydrogens is 162 g/mol. The van der Waals surface area contributed by atoms with E-state index in [-0.39, 0.29) is 0 Å². The Hall–Kier alpha value is -1.30. The van der Waals surface area contributed by atoms with Crippen molar-refractivity contribution < 1.29 is 14.7 Å². The maximum atomic E-state index is 10.8. The first kappa shape index (κ1) is 10.7. The molecule has 0 bridgehead atoms. The third kappa shape index (κ3) is 4.51. The van der Waals surface area contributed by atoms with Crippen LogP contribution in [0, 0.1) is 0 Å². The fourth-order valence-electron chi connectivity index (χ4n) is 0.495. The molecule has 0 saturated heterocycles. The highest BCUT2D eigenvalue weighted by Crippen LogP contribution is 1.79. The molecule has 0 heterocycles. The zero-order chi connectivity index (χ0) is 9.56. The summed E-state index contributed by atoms with van der Waals surface area (Å²) < 4.78 is 0. The van der Waals surface area contributed by atoms with E-state index < -0.39 is 18.0 Å². The van der Waals surface area contributed by atoms with E-state index in [1.54, 1.807) is 0 Å². The summed E-state index contributed by atoms with van der Waals surface area (Å²) in [5, 5.41) is 13.0. The van der Waals surface area contributed by atoms with Gasteiger partial charge in [-0.2, -0.15) is 0 Å². The maximum Gasteiger partial charge on any atom is 0.325 e. The second-order valence-corrected chi connectivity index (χ2v) is 2.25. The normalized spacial score (nSPS) is 11.8. The largest absolute Gasteiger partial charge is 0.480 e. The van der Waals surface area contributed by atoms with E-state index in [9.17, 15) is 9.59 Å². The molecule has 6 nitrogen and oxygen atoms in total. The Balaban J connectivity index is 3.61. The van der Waals surface area contributed by atoms with Crippen LogP contribution in [0.15, 0.2) is 0 Å². The van der Waals surface area contributed by atoms with Crippen molar-refractivity contribution >= 4 is 12.0 Å². The number of hydrogen-bond acceptors (Lipinski definition) is 3. The average molecular weight is 175 g/mol. The molecule has 0 fully saturated rings. The first-order valence-corrected chi connectivity index (χ1v) is 3.55. The second-order valence-electron chi connectivity index (χ2n) is 2.25. The third-order valence-electron chi connectivity index (χ3n) is 1.15. The van der Waals surface area contributed by atoms with Gasteiger partial charge in [0.15, 0.2) is 0 Å². The van der Waals surface area contributed by atoms with Gasteiger partial charge in [-0.3, -0.25) is 4.79 Å². The molecule has 6 heteroatoms. The molecule has 5 N–H and O–H groups in total. The van der Waals surface area contributed by atoms with E-state index in [0.717, 1.165) is 0 Å². The molecule has 0 aliphatic rings. The van der Waals surface area contributed by atoms with Crippen molar-refractivity contribution in [3.63, 3.8) is 0 Å². The van der Waals surface area contributed by atoms with Crippen molar-refractivity contribution in [1.29, 1.82) is 0 Å². The predicted molar refractivity (Wildman–Crippen MR) is 42.7 cm³/mol. The fourth-order valence-corrected chi connectivity index (χ4v) is 0.495. The molecule has 2 amide bonds. The van der Waals surface area contributed by atoms with Gasteiger partial charge >= 0.3 is 12.0 Å². The van der Waals surface area contributed by atoms with Gasteiger partial charge in [0, 0.05) is 13.1 Å². The number of carboxylic acids is 1. The summed E-state index contributed by atoms with van der Waals surface area (Å²) in [6.45, 7) is 2.04. The predicted octanol–water partition coefficient (Wildman–Crippen LogP) is -1.28. The molecule has 12 heavy (non-hydrogen) atoms. The van der Waals surface area contributed by atoms with Crippen LogP contribution < -0.4 is 16.4 Å². The van der Waals surface area contributed by atoms with Gasteiger partial charge < -0.3 is 21.5 Å². The maximum absolute atomic E-state index is 10.8. The molecule has 0 saturated carbocycles. The van der Waals surface area contributed by atoms with Crippen molar-refractivity contribution in [1.82, 2.24) is 10.6 Å². The van der Waals surface area contributed by atoms with E-state index in [0.29, 0.717) is 13.1 Å². The number of carboxylic acid groups (broad SMARTS) is 1. The summed E-state index contributed by atoms with van der Waals surface area (Å²) in [7, 11) is 0. The quantitative estimate of drug-likeness (QED) is 0.427. The number of hydrogen-bond donors (Lipinski definition) is 4. The molecule has 0 aliphatic carbocycles. The number of urea groups is 1. The smallest absolute Gasteiger partial charge is 0.325 e. The molecule has 0 aromatic rings. The molecule has 70 valence electrons. The van der Waals surface area contributed by atoms with Crippen LogP contribution in [-0.2, 0) is 4.79 Å². The Morgan fingerprint density at radius 3 is 2.58 bits per heavy atom. The number of rotatable bonds is 4. The average Bonchev–Trinajstić information content (AvgIpc) is 2.00. The van der Waals surface area contributed by atoms with Crippen LogP contribution in [0.4, 0.5) is 4.79 Å². The number of nitrogens with one attached hydrogen (secondary N) is 2. The van der Waals surface area contributed by atoms with E-state index in [1.807, 2.05) is 0 Å². The Kier molecular flexibility index (Phi) is 4.78. The molecule has 0 radical (unpaired) electrons. The molecule has 0 aromatic heterocycles. The van der Waals surface area contributed by atoms with Crippen LogP contribution in [0.5, 0.6) is 0 Å². The van der Waals surface area contributed by atoms with Crippen molar-refractivity contribution in [3.05, 3.63) is 0 Å². The summed E-state index contributed by atoms with van der Waals surface area (Å²) in [5.41, 5.74) is 5.11. The van der Waals surface area contributed by atoms with Crippen LogP contribution in [0.1, 0.15) is 6.92 Å². The highest BCUT2D eigenvalue weighted by atomic mass is 16.4. The number of carbonyl (C=O) groups excluding carboxylic acids is 1. The Morgan fingerprint density at radius 1 is 1.58 bits per heavy atom. The zero-order valence-electron chi connectivity index (χ0n) is 6.83. The first-order chi connectivity index (χ1) is 5.57. The third-order valence-corrected chi connectivity index (χ3v) is 1.15. The molecule has 1 atom stereocenters. The lowest BCUT2D eigenvalue weighted by atomic mass is 10.3. The Labute approximate surface area is 70.1 Å². The lowest BCUT2D eigenvalue weighted by molar-refractivity contribution is -0.138. The SMILES string of the molecule is C[C@H](NC(=O)NCCN)C(=O)O. The van der Waals surface area contributed by atoms with Gasteiger partial charge in [0.2, 0.25) is 0 Å². The van der Waals surface area contributed by atoms with Crippen LogP contribution in [0.3, 0.4) is 0 Å². The monoisotopic (exact) mass is 175 g/mol. The van der Waals surface area contributed by atoms with Gasteiger partial charge in [0.05, 0.1) is 0 Å². The molecule has 0 unspecified atom stereocenters. The lowest BCUT2D eigenvalue weighted by Gasteiger charge is -2.09. The molecule has 0 aliphatic heterocycles. The van der Waals surface area contributed by atoms with Crippen molar-refractivity contribution in [2.75, 3.05) is 13.1 Å². The number of nitrogens with two attached hydrogens (primary N) is 1. The summed E-state index contributed by atoms with van der Waals surface area (Å²) in [4.78, 5) is 21.0. The van der Waals surface area contributed by atoms with Crippen molar-refractivity contribution in [3.8, 4) is 0 Å². The number of amides is 2. The summed E-state index contributed by atoms with van der Waals surface area (Å²) >= 11 is 0. The van der Waals surface area contributed by atoms with Crippen molar-refractivity contribution in [2.45, 2.75) is 13.0 Å². The standard InChI is InChI=1S/C6H13N3O3/c1-4(5(10)11)9-6(12)8-3-2-7/h4H,2-3,7H2,1H3,(H,10,11)(H2,8,9,12)/t4-/m0/s1. The van der Waals surface area contributed by atoms with Gasteiger partial charge in [-0.1, -0.05) is 0 Å². The van der Waals surface area contributed by atoms with Gasteiger partial charge in [-0.05, 0) is 6.92 Å². The molecule has 0 rings (SSSR count). The summed E-state index contributed by atoms with van der Waals surface area (Å²) in [6, 6.07) is -1.40. The highest BCUT2D eigenvalue weighted by molar-refractivity contribution is 5.82. The minimum atomic E-state index is -1.07. The topological polar surface area (TPSA) is 104 Å². The molecular formula is C6H13N3O3. The second kappa shape index (κ2) is 5.36. The Morgan fingerprint density at radius 2 is 2.17 bits per heavy atom. The van der Waals surface area contributed by atoms with Gasteiger partial charge in [0.25, 0.3) is 0 Å². The van der Waals surface area contributed by atoms with E-state index in [2.05, 4.69) is 10.6 Å². The minimum Gasteiger partial charge on any atom is -0.480 e. The van der Waals surface area contributed by atoms with Crippen LogP contribution in [-0.4, -0.2) is 36.2 Å². The zero-order valence-corrected chi connectivity index (χ0v) is 6.83. The van der Waals surface area contributed by atoms with Gasteiger partial charge in [0.1, 0.15) is 6.04 Å². The van der Waals surface area contributed by atoms with E-state index in [4.69, 9.17) is 10.8 Å². The van der Waals surface area contributed by atoms with Crippen molar-refractivity contribution in [2.24, 2.45) is 5.73 Å². The van der Waals surface area contributed by atoms with Gasteiger partial charge in [-0.15, -0.1) is 0 Å². The first-order valence-electron chi connectivity index (χ1n) is 3.55. The van der Waals surface area contributed by atoms with Crippen LogP contribution >= 0.6 is 0 Å². The van der Waals surface area contributed by atoms with E-state index >= 15 is 0 Å². The highest BCUT2D eigenvalue weighted by Gasteiger charge is 2.12.